The van der Waals surface area contributed by atoms with E-state index in [9.17, 15) is 4.79 Å². The van der Waals surface area contributed by atoms with Gasteiger partial charge in [-0.25, -0.2) is 0 Å². The fourth-order valence-electron chi connectivity index (χ4n) is 4.31. The molecule has 3 aromatic rings. The van der Waals surface area contributed by atoms with Gasteiger partial charge in [0.05, 0.1) is 6.04 Å². The molecule has 2 heterocycles. The summed E-state index contributed by atoms with van der Waals surface area (Å²) < 4.78 is 7.72. The summed E-state index contributed by atoms with van der Waals surface area (Å²) in [7, 11) is 0. The highest BCUT2D eigenvalue weighted by Gasteiger charge is 2.23. The number of benzene rings is 2. The molecule has 0 spiro atoms. The van der Waals surface area contributed by atoms with Crippen molar-refractivity contribution in [3.8, 4) is 5.75 Å². The molecule has 1 aromatic heterocycles. The minimum Gasteiger partial charge on any atom is -0.484 e. The molecule has 174 valence electrons. The van der Waals surface area contributed by atoms with Gasteiger partial charge in [-0.1, -0.05) is 30.3 Å². The number of nitrogens with zero attached hydrogens (tertiary/aromatic N) is 4. The fourth-order valence-corrected chi connectivity index (χ4v) is 4.31. The van der Waals surface area contributed by atoms with Crippen LogP contribution in [-0.2, 0) is 24.3 Å². The molecule has 1 aliphatic rings. The Balaban J connectivity index is 1.35. The first-order valence-corrected chi connectivity index (χ1v) is 11.6. The first-order chi connectivity index (χ1) is 15.9. The van der Waals surface area contributed by atoms with Crippen molar-refractivity contribution in [3.63, 3.8) is 0 Å². The molecule has 2 aromatic carbocycles. The molecule has 1 atom stereocenters. The van der Waals surface area contributed by atoms with Gasteiger partial charge in [-0.2, -0.15) is 0 Å². The zero-order valence-corrected chi connectivity index (χ0v) is 20.0. The number of carbonyl (C=O) groups is 1. The van der Waals surface area contributed by atoms with Crippen LogP contribution in [0.4, 0.5) is 0 Å². The highest BCUT2D eigenvalue weighted by molar-refractivity contribution is 5.77. The van der Waals surface area contributed by atoms with Crippen LogP contribution in [0.25, 0.3) is 0 Å². The Bertz CT molecular complexity index is 1110. The lowest BCUT2D eigenvalue weighted by atomic mass is 10.0. The van der Waals surface area contributed by atoms with Crippen LogP contribution in [0.2, 0.25) is 0 Å². The molecule has 0 aliphatic carbocycles. The molecule has 0 saturated carbocycles. The third-order valence-electron chi connectivity index (χ3n) is 6.37. The molecule has 1 amide bonds. The predicted molar refractivity (Wildman–Crippen MR) is 128 cm³/mol. The van der Waals surface area contributed by atoms with Crippen LogP contribution in [0.5, 0.6) is 5.75 Å². The van der Waals surface area contributed by atoms with Crippen LogP contribution in [0.1, 0.15) is 46.9 Å². The summed E-state index contributed by atoms with van der Waals surface area (Å²) in [4.78, 5) is 14.9. The predicted octanol–water partition coefficient (Wildman–Crippen LogP) is 3.52. The van der Waals surface area contributed by atoms with Crippen molar-refractivity contribution in [1.82, 2.24) is 25.0 Å². The lowest BCUT2D eigenvalue weighted by Gasteiger charge is -2.22. The van der Waals surface area contributed by atoms with Gasteiger partial charge in [-0.3, -0.25) is 9.69 Å². The van der Waals surface area contributed by atoms with Crippen molar-refractivity contribution in [2.75, 3.05) is 19.7 Å². The topological polar surface area (TPSA) is 72.3 Å². The SMILES string of the molecule is Cc1cc(C)c(CN2CCc3nnc([C@@H](C)NC(=O)COc4ccccc4)n3CC2)cc1C. The van der Waals surface area contributed by atoms with E-state index < -0.39 is 0 Å². The van der Waals surface area contributed by atoms with E-state index in [0.29, 0.717) is 5.75 Å². The van der Waals surface area contributed by atoms with E-state index >= 15 is 0 Å². The Morgan fingerprint density at radius 3 is 2.58 bits per heavy atom. The number of para-hydroxylation sites is 1. The third-order valence-corrected chi connectivity index (χ3v) is 6.37. The number of carbonyl (C=O) groups excluding carboxylic acids is 1. The molecular formula is C26H33N5O2. The zero-order chi connectivity index (χ0) is 23.4. The Kier molecular flexibility index (Phi) is 7.08. The van der Waals surface area contributed by atoms with E-state index in [-0.39, 0.29) is 18.6 Å². The lowest BCUT2D eigenvalue weighted by molar-refractivity contribution is -0.123. The molecule has 1 N–H and O–H groups in total. The van der Waals surface area contributed by atoms with E-state index in [1.165, 1.54) is 22.3 Å². The number of hydrogen-bond acceptors (Lipinski definition) is 5. The fraction of sp³-hybridized carbons (Fsp3) is 0.423. The summed E-state index contributed by atoms with van der Waals surface area (Å²) in [5, 5.41) is 11.8. The Morgan fingerprint density at radius 1 is 1.03 bits per heavy atom. The van der Waals surface area contributed by atoms with Gasteiger partial charge >= 0.3 is 0 Å². The van der Waals surface area contributed by atoms with Crippen LogP contribution in [-0.4, -0.2) is 45.3 Å². The largest absolute Gasteiger partial charge is 0.484 e. The van der Waals surface area contributed by atoms with E-state index in [1.54, 1.807) is 0 Å². The van der Waals surface area contributed by atoms with Gasteiger partial charge in [0.15, 0.2) is 12.4 Å². The second-order valence-electron chi connectivity index (χ2n) is 8.91. The molecule has 4 rings (SSSR count). The maximum atomic E-state index is 12.4. The normalized spacial score (nSPS) is 14.9. The highest BCUT2D eigenvalue weighted by atomic mass is 16.5. The Labute approximate surface area is 195 Å². The first kappa shape index (κ1) is 23.0. The number of hydrogen-bond donors (Lipinski definition) is 1. The van der Waals surface area contributed by atoms with Crippen LogP contribution in [0, 0.1) is 20.8 Å². The second-order valence-corrected chi connectivity index (χ2v) is 8.91. The van der Waals surface area contributed by atoms with Gasteiger partial charge in [0, 0.05) is 32.6 Å². The molecule has 0 saturated heterocycles. The van der Waals surface area contributed by atoms with Gasteiger partial charge in [-0.15, -0.1) is 10.2 Å². The summed E-state index contributed by atoms with van der Waals surface area (Å²) in [6.45, 7) is 12.0. The first-order valence-electron chi connectivity index (χ1n) is 11.6. The zero-order valence-electron chi connectivity index (χ0n) is 20.0. The average molecular weight is 448 g/mol. The second kappa shape index (κ2) is 10.2. The highest BCUT2D eigenvalue weighted by Crippen LogP contribution is 2.20. The third kappa shape index (κ3) is 5.60. The number of nitrogens with one attached hydrogen (secondary N) is 1. The van der Waals surface area contributed by atoms with Gasteiger partial charge in [0.1, 0.15) is 11.6 Å². The Hall–Kier alpha value is -3.19. The van der Waals surface area contributed by atoms with E-state index in [2.05, 4.69) is 57.9 Å². The van der Waals surface area contributed by atoms with Gasteiger partial charge in [-0.05, 0) is 62.1 Å². The maximum absolute atomic E-state index is 12.4. The molecule has 33 heavy (non-hydrogen) atoms. The van der Waals surface area contributed by atoms with Crippen molar-refractivity contribution in [3.05, 3.63) is 76.4 Å². The van der Waals surface area contributed by atoms with Gasteiger partial charge in [0.2, 0.25) is 0 Å². The lowest BCUT2D eigenvalue weighted by Crippen LogP contribution is -2.33. The van der Waals surface area contributed by atoms with Gasteiger partial charge < -0.3 is 14.6 Å². The molecule has 1 aliphatic heterocycles. The number of aryl methyl sites for hydroxylation is 3. The minimum atomic E-state index is -0.244. The number of fused-ring (bicyclic) bond motifs is 1. The molecule has 7 heteroatoms. The van der Waals surface area contributed by atoms with E-state index in [0.717, 1.165) is 44.2 Å². The summed E-state index contributed by atoms with van der Waals surface area (Å²) in [6, 6.07) is 13.7. The van der Waals surface area contributed by atoms with Gasteiger partial charge in [0.25, 0.3) is 5.91 Å². The molecule has 0 bridgehead atoms. The molecule has 0 radical (unpaired) electrons. The number of ether oxygens (including phenoxy) is 1. The number of amides is 1. The molecule has 7 nitrogen and oxygen atoms in total. The molecule has 0 unspecified atom stereocenters. The van der Waals surface area contributed by atoms with Crippen molar-refractivity contribution in [2.45, 2.75) is 53.2 Å². The van der Waals surface area contributed by atoms with Crippen LogP contribution < -0.4 is 10.1 Å². The average Bonchev–Trinajstić information content (AvgIpc) is 3.11. The quantitative estimate of drug-likeness (QED) is 0.600. The molecule has 0 fully saturated rings. The summed E-state index contributed by atoms with van der Waals surface area (Å²) in [5.41, 5.74) is 5.41. The Morgan fingerprint density at radius 2 is 1.79 bits per heavy atom. The molecular weight excluding hydrogens is 414 g/mol. The van der Waals surface area contributed by atoms with Crippen LogP contribution in [0.15, 0.2) is 42.5 Å². The smallest absolute Gasteiger partial charge is 0.258 e. The van der Waals surface area contributed by atoms with E-state index in [1.807, 2.05) is 37.3 Å². The maximum Gasteiger partial charge on any atom is 0.258 e. The summed E-state index contributed by atoms with van der Waals surface area (Å²) in [6.07, 6.45) is 0.842. The van der Waals surface area contributed by atoms with Crippen molar-refractivity contribution < 1.29 is 9.53 Å². The van der Waals surface area contributed by atoms with Crippen LogP contribution >= 0.6 is 0 Å². The number of aromatic nitrogens is 3. The minimum absolute atomic E-state index is 0.0293. The summed E-state index contributed by atoms with van der Waals surface area (Å²) >= 11 is 0. The van der Waals surface area contributed by atoms with Crippen molar-refractivity contribution in [1.29, 1.82) is 0 Å². The number of rotatable bonds is 7. The van der Waals surface area contributed by atoms with Crippen molar-refractivity contribution in [2.24, 2.45) is 0 Å². The van der Waals surface area contributed by atoms with Crippen LogP contribution in [0.3, 0.4) is 0 Å². The van der Waals surface area contributed by atoms with Crippen molar-refractivity contribution >= 4 is 5.91 Å². The summed E-state index contributed by atoms with van der Waals surface area (Å²) in [5.74, 6) is 2.27. The monoisotopic (exact) mass is 447 g/mol. The van der Waals surface area contributed by atoms with E-state index in [4.69, 9.17) is 4.74 Å². The standard InChI is InChI=1S/C26H33N5O2/c1-18-14-20(3)22(15-19(18)2)16-30-11-10-24-28-29-26(31(24)13-12-30)21(4)27-25(32)17-33-23-8-6-5-7-9-23/h5-9,14-15,21H,10-13,16-17H2,1-4H3,(H,27,32)/t21-/m1/s1.